The Kier molecular flexibility index (Phi) is 5.63. The number of anilines is 1. The number of rotatable bonds is 3. The number of nitrogens with zero attached hydrogens (tertiary/aromatic N) is 4. The summed E-state index contributed by atoms with van der Waals surface area (Å²) in [5.74, 6) is -4.32. The first-order valence-electron chi connectivity index (χ1n) is 10.6. The van der Waals surface area contributed by atoms with Gasteiger partial charge in [-0.3, -0.25) is 0 Å². The fourth-order valence-electron chi connectivity index (χ4n) is 4.65. The van der Waals surface area contributed by atoms with Crippen molar-refractivity contribution in [2.24, 2.45) is 5.92 Å². The molecule has 1 saturated heterocycles. The molecule has 2 aliphatic rings. The molecule has 2 aliphatic heterocycles. The Bertz CT molecular complexity index is 1190. The van der Waals surface area contributed by atoms with E-state index in [1.165, 1.54) is 4.90 Å². The number of aromatic nitrogens is 4. The van der Waals surface area contributed by atoms with Crippen LogP contribution in [0.15, 0.2) is 18.2 Å². The molecule has 1 N–H and O–H groups in total. The lowest BCUT2D eigenvalue weighted by molar-refractivity contribution is -0.155. The van der Waals surface area contributed by atoms with Crippen molar-refractivity contribution in [3.63, 3.8) is 0 Å². The van der Waals surface area contributed by atoms with Crippen LogP contribution in [0, 0.1) is 5.92 Å². The van der Waals surface area contributed by atoms with Crippen LogP contribution in [-0.2, 0) is 23.5 Å². The van der Waals surface area contributed by atoms with Crippen LogP contribution in [-0.4, -0.2) is 39.7 Å². The van der Waals surface area contributed by atoms with E-state index in [1.807, 2.05) is 0 Å². The van der Waals surface area contributed by atoms with Crippen molar-refractivity contribution in [3.8, 4) is 0 Å². The van der Waals surface area contributed by atoms with Crippen molar-refractivity contribution in [3.05, 3.63) is 46.1 Å². The molecule has 0 unspecified atom stereocenters. The Morgan fingerprint density at radius 1 is 1.06 bits per heavy atom. The smallest absolute Gasteiger partial charge is 0.381 e. The fraction of sp³-hybridized carbons (Fsp3) is 0.476. The van der Waals surface area contributed by atoms with Gasteiger partial charge in [-0.15, -0.1) is 0 Å². The van der Waals surface area contributed by atoms with E-state index in [-0.39, 0.29) is 12.5 Å². The lowest BCUT2D eigenvalue weighted by Gasteiger charge is -2.37. The zero-order valence-corrected chi connectivity index (χ0v) is 18.2. The molecule has 0 spiro atoms. The number of halogens is 7. The number of H-pyrrole nitrogens is 1. The summed E-state index contributed by atoms with van der Waals surface area (Å²) in [7, 11) is 0. The summed E-state index contributed by atoms with van der Waals surface area (Å²) in [5, 5.41) is 1.40. The predicted octanol–water partition coefficient (Wildman–Crippen LogP) is 5.57. The van der Waals surface area contributed by atoms with Gasteiger partial charge in [0.05, 0.1) is 6.04 Å². The van der Waals surface area contributed by atoms with Crippen LogP contribution in [0.25, 0.3) is 10.9 Å². The molecule has 0 radical (unpaired) electrons. The van der Waals surface area contributed by atoms with Gasteiger partial charge in [-0.2, -0.15) is 36.3 Å². The standard InChI is InChI=1S/C21H18ClF6N5O/c22-11-1-2-14-13(8-11)12-3-5-33(15(16(12)29-14)7-10-4-6-34-9-10)19-31-17(20(23,24)25)30-18(32-19)21(26,27)28/h1-2,8,10,15,29H,3-7,9H2/t10-,15+/m1/s1. The largest absolute Gasteiger partial charge is 0.451 e. The first kappa shape index (κ1) is 23.2. The second-order valence-electron chi connectivity index (χ2n) is 8.41. The van der Waals surface area contributed by atoms with Crippen LogP contribution in [0.2, 0.25) is 5.02 Å². The molecule has 1 fully saturated rings. The second-order valence-corrected chi connectivity index (χ2v) is 8.85. The van der Waals surface area contributed by atoms with Gasteiger partial charge in [-0.1, -0.05) is 11.6 Å². The molecule has 0 amide bonds. The highest BCUT2D eigenvalue weighted by Gasteiger charge is 2.43. The zero-order chi connectivity index (χ0) is 24.3. The van der Waals surface area contributed by atoms with E-state index in [0.717, 1.165) is 22.9 Å². The van der Waals surface area contributed by atoms with Crippen LogP contribution >= 0.6 is 11.6 Å². The maximum atomic E-state index is 13.4. The summed E-state index contributed by atoms with van der Waals surface area (Å²) < 4.78 is 85.7. The van der Waals surface area contributed by atoms with Crippen molar-refractivity contribution in [2.75, 3.05) is 24.7 Å². The van der Waals surface area contributed by atoms with Gasteiger partial charge in [0.25, 0.3) is 0 Å². The highest BCUT2D eigenvalue weighted by Crippen LogP contribution is 2.42. The number of benzene rings is 1. The predicted molar refractivity (Wildman–Crippen MR) is 110 cm³/mol. The lowest BCUT2D eigenvalue weighted by atomic mass is 9.90. The van der Waals surface area contributed by atoms with Crippen molar-refractivity contribution >= 4 is 28.5 Å². The fourth-order valence-corrected chi connectivity index (χ4v) is 4.83. The molecule has 2 aromatic heterocycles. The Morgan fingerprint density at radius 3 is 2.38 bits per heavy atom. The molecule has 1 aromatic carbocycles. The third-order valence-electron chi connectivity index (χ3n) is 6.18. The van der Waals surface area contributed by atoms with E-state index < -0.39 is 36.0 Å². The summed E-state index contributed by atoms with van der Waals surface area (Å²) in [6.45, 7) is 1.14. The average Bonchev–Trinajstić information content (AvgIpc) is 3.40. The van der Waals surface area contributed by atoms with Gasteiger partial charge in [-0.05, 0) is 48.9 Å². The Labute approximate surface area is 194 Å². The summed E-state index contributed by atoms with van der Waals surface area (Å²) in [5.41, 5.74) is 2.42. The molecule has 0 bridgehead atoms. The molecule has 0 aliphatic carbocycles. The molecule has 34 heavy (non-hydrogen) atoms. The van der Waals surface area contributed by atoms with Gasteiger partial charge < -0.3 is 14.6 Å². The minimum atomic E-state index is -5.16. The van der Waals surface area contributed by atoms with Crippen molar-refractivity contribution in [1.29, 1.82) is 0 Å². The topological polar surface area (TPSA) is 66.9 Å². The number of hydrogen-bond donors (Lipinski definition) is 1. The molecule has 2 atom stereocenters. The number of fused-ring (bicyclic) bond motifs is 3. The van der Waals surface area contributed by atoms with E-state index in [4.69, 9.17) is 16.3 Å². The normalized spacial score (nSPS) is 21.3. The highest BCUT2D eigenvalue weighted by atomic mass is 35.5. The van der Waals surface area contributed by atoms with Crippen molar-refractivity contribution in [2.45, 2.75) is 37.7 Å². The van der Waals surface area contributed by atoms with Gasteiger partial charge in [0.1, 0.15) is 0 Å². The summed E-state index contributed by atoms with van der Waals surface area (Å²) in [6, 6.07) is 4.72. The number of ether oxygens (including phenoxy) is 1. The molecular weight excluding hydrogens is 488 g/mol. The van der Waals surface area contributed by atoms with Crippen LogP contribution < -0.4 is 4.90 Å². The Balaban J connectivity index is 1.64. The Morgan fingerprint density at radius 2 is 1.76 bits per heavy atom. The van der Waals surface area contributed by atoms with E-state index in [1.54, 1.807) is 18.2 Å². The van der Waals surface area contributed by atoms with Gasteiger partial charge in [-0.25, -0.2) is 4.98 Å². The van der Waals surface area contributed by atoms with Crippen LogP contribution in [0.1, 0.15) is 41.8 Å². The minimum absolute atomic E-state index is 0.0828. The average molecular weight is 506 g/mol. The van der Waals surface area contributed by atoms with Crippen LogP contribution in [0.3, 0.4) is 0 Å². The quantitative estimate of drug-likeness (QED) is 0.471. The molecule has 4 heterocycles. The maximum Gasteiger partial charge on any atom is 0.451 e. The third kappa shape index (κ3) is 4.28. The van der Waals surface area contributed by atoms with Gasteiger partial charge >= 0.3 is 12.4 Å². The highest BCUT2D eigenvalue weighted by molar-refractivity contribution is 6.31. The second kappa shape index (κ2) is 8.26. The minimum Gasteiger partial charge on any atom is -0.381 e. The number of nitrogens with one attached hydrogen (secondary N) is 1. The van der Waals surface area contributed by atoms with E-state index in [0.29, 0.717) is 36.8 Å². The first-order valence-corrected chi connectivity index (χ1v) is 10.9. The number of hydrogen-bond acceptors (Lipinski definition) is 5. The van der Waals surface area contributed by atoms with Crippen LogP contribution in [0.5, 0.6) is 0 Å². The van der Waals surface area contributed by atoms with Gasteiger partial charge in [0.2, 0.25) is 17.6 Å². The molecule has 6 nitrogen and oxygen atoms in total. The van der Waals surface area contributed by atoms with Crippen molar-refractivity contribution in [1.82, 2.24) is 19.9 Å². The van der Waals surface area contributed by atoms with E-state index in [2.05, 4.69) is 19.9 Å². The van der Waals surface area contributed by atoms with E-state index in [9.17, 15) is 26.3 Å². The first-order chi connectivity index (χ1) is 16.0. The summed E-state index contributed by atoms with van der Waals surface area (Å²) >= 11 is 6.16. The van der Waals surface area contributed by atoms with E-state index >= 15 is 0 Å². The monoisotopic (exact) mass is 505 g/mol. The lowest BCUT2D eigenvalue weighted by Crippen LogP contribution is -2.39. The Hall–Kier alpha value is -2.60. The summed E-state index contributed by atoms with van der Waals surface area (Å²) in [4.78, 5) is 14.2. The number of alkyl halides is 6. The molecule has 0 saturated carbocycles. The molecule has 3 aromatic rings. The summed E-state index contributed by atoms with van der Waals surface area (Å²) in [6.07, 6.45) is -8.77. The third-order valence-corrected chi connectivity index (χ3v) is 6.42. The zero-order valence-electron chi connectivity index (χ0n) is 17.5. The molecule has 182 valence electrons. The number of aromatic amines is 1. The van der Waals surface area contributed by atoms with Crippen LogP contribution in [0.4, 0.5) is 32.3 Å². The van der Waals surface area contributed by atoms with Gasteiger partial charge in [0.15, 0.2) is 0 Å². The van der Waals surface area contributed by atoms with Gasteiger partial charge in [0, 0.05) is 41.4 Å². The van der Waals surface area contributed by atoms with Crippen molar-refractivity contribution < 1.29 is 31.1 Å². The molecule has 5 rings (SSSR count). The SMILES string of the molecule is FC(F)(F)c1nc(N2CCc3c([nH]c4ccc(Cl)cc34)[C@@H]2C[C@H]2CCOC2)nc(C(F)(F)F)n1. The maximum absolute atomic E-state index is 13.4. The molecule has 13 heteroatoms. The molecular formula is C21H18ClF6N5O.